The summed E-state index contributed by atoms with van der Waals surface area (Å²) in [4.78, 5) is 13.5. The molecule has 1 aromatic carbocycles. The quantitative estimate of drug-likeness (QED) is 0.879. The lowest BCUT2D eigenvalue weighted by Gasteiger charge is -2.19. The molecule has 0 aliphatic rings. The number of hydrogen-bond acceptors (Lipinski definition) is 2. The Bertz CT molecular complexity index is 329. The average molecular weight is 257 g/mol. The van der Waals surface area contributed by atoms with Gasteiger partial charge in [0.05, 0.1) is 0 Å². The molecular formula is C13H21ClN2O. The van der Waals surface area contributed by atoms with Gasteiger partial charge < -0.3 is 10.6 Å². The van der Waals surface area contributed by atoms with Crippen molar-refractivity contribution in [2.24, 2.45) is 5.73 Å². The van der Waals surface area contributed by atoms with E-state index in [9.17, 15) is 4.79 Å². The van der Waals surface area contributed by atoms with E-state index in [-0.39, 0.29) is 24.4 Å². The Labute approximate surface area is 109 Å². The maximum Gasteiger partial charge on any atom is 0.224 e. The fourth-order valence-electron chi connectivity index (χ4n) is 1.62. The van der Waals surface area contributed by atoms with Crippen molar-refractivity contribution >= 4 is 18.3 Å². The largest absolute Gasteiger partial charge is 0.346 e. The van der Waals surface area contributed by atoms with E-state index < -0.39 is 0 Å². The monoisotopic (exact) mass is 256 g/mol. The highest BCUT2D eigenvalue weighted by atomic mass is 35.5. The Balaban J connectivity index is 0.00000256. The van der Waals surface area contributed by atoms with E-state index >= 15 is 0 Å². The molecule has 17 heavy (non-hydrogen) atoms. The van der Waals surface area contributed by atoms with Crippen LogP contribution in [0.3, 0.4) is 0 Å². The summed E-state index contributed by atoms with van der Waals surface area (Å²) in [5.74, 6) is 0.109. The molecule has 0 heterocycles. The van der Waals surface area contributed by atoms with E-state index in [1.807, 2.05) is 37.4 Å². The molecule has 0 saturated heterocycles. The zero-order chi connectivity index (χ0) is 12.0. The van der Waals surface area contributed by atoms with Gasteiger partial charge in [-0.05, 0) is 12.0 Å². The maximum atomic E-state index is 11.8. The molecule has 3 nitrogen and oxygen atoms in total. The zero-order valence-electron chi connectivity index (χ0n) is 10.4. The number of carbonyl (C=O) groups excluding carboxylic acids is 1. The zero-order valence-corrected chi connectivity index (χ0v) is 11.2. The predicted octanol–water partition coefficient (Wildman–Crippen LogP) is 2.37. The van der Waals surface area contributed by atoms with Crippen LogP contribution in [0.5, 0.6) is 0 Å². The molecule has 0 aliphatic heterocycles. The van der Waals surface area contributed by atoms with E-state index in [4.69, 9.17) is 5.73 Å². The SMILES string of the molecule is CCCN(C)C(=O)CC(N)c1ccccc1.Cl. The first-order chi connectivity index (χ1) is 7.65. The van der Waals surface area contributed by atoms with E-state index in [1.54, 1.807) is 4.90 Å². The summed E-state index contributed by atoms with van der Waals surface area (Å²) < 4.78 is 0. The van der Waals surface area contributed by atoms with Crippen molar-refractivity contribution in [2.45, 2.75) is 25.8 Å². The van der Waals surface area contributed by atoms with Gasteiger partial charge in [0.15, 0.2) is 0 Å². The van der Waals surface area contributed by atoms with E-state index in [2.05, 4.69) is 6.92 Å². The van der Waals surface area contributed by atoms with Crippen molar-refractivity contribution in [2.75, 3.05) is 13.6 Å². The standard InChI is InChI=1S/C13H20N2O.ClH/c1-3-9-15(2)13(16)10-12(14)11-7-5-4-6-8-11;/h4-8,12H,3,9-10,14H2,1-2H3;1H. The highest BCUT2D eigenvalue weighted by molar-refractivity contribution is 5.85. The first-order valence-corrected chi connectivity index (χ1v) is 5.69. The predicted molar refractivity (Wildman–Crippen MR) is 73.2 cm³/mol. The Kier molecular flexibility index (Phi) is 7.59. The number of hydrogen-bond donors (Lipinski definition) is 1. The Morgan fingerprint density at radius 3 is 2.47 bits per heavy atom. The summed E-state index contributed by atoms with van der Waals surface area (Å²) in [6, 6.07) is 9.54. The third kappa shape index (κ3) is 5.20. The molecule has 4 heteroatoms. The van der Waals surface area contributed by atoms with Gasteiger partial charge in [-0.15, -0.1) is 12.4 Å². The Hall–Kier alpha value is -1.06. The van der Waals surface area contributed by atoms with Crippen molar-refractivity contribution in [3.63, 3.8) is 0 Å². The minimum absolute atomic E-state index is 0. The molecule has 1 aromatic rings. The highest BCUT2D eigenvalue weighted by Gasteiger charge is 2.14. The van der Waals surface area contributed by atoms with Crippen LogP contribution in [-0.2, 0) is 4.79 Å². The van der Waals surface area contributed by atoms with Crippen molar-refractivity contribution in [1.29, 1.82) is 0 Å². The number of rotatable bonds is 5. The molecule has 2 N–H and O–H groups in total. The number of benzene rings is 1. The second-order valence-electron chi connectivity index (χ2n) is 4.04. The minimum atomic E-state index is -0.201. The summed E-state index contributed by atoms with van der Waals surface area (Å²) in [6.45, 7) is 2.85. The third-order valence-electron chi connectivity index (χ3n) is 2.61. The van der Waals surface area contributed by atoms with Crippen LogP contribution in [0.4, 0.5) is 0 Å². The lowest BCUT2D eigenvalue weighted by atomic mass is 10.0. The Morgan fingerprint density at radius 2 is 1.94 bits per heavy atom. The highest BCUT2D eigenvalue weighted by Crippen LogP contribution is 2.14. The van der Waals surface area contributed by atoms with Crippen molar-refractivity contribution in [1.82, 2.24) is 4.90 Å². The minimum Gasteiger partial charge on any atom is -0.346 e. The summed E-state index contributed by atoms with van der Waals surface area (Å²) in [7, 11) is 1.82. The fourth-order valence-corrected chi connectivity index (χ4v) is 1.62. The average Bonchev–Trinajstić information content (AvgIpc) is 2.30. The van der Waals surface area contributed by atoms with E-state index in [0.717, 1.165) is 18.5 Å². The lowest BCUT2D eigenvalue weighted by Crippen LogP contribution is -2.30. The van der Waals surface area contributed by atoms with Crippen molar-refractivity contribution in [3.8, 4) is 0 Å². The molecular weight excluding hydrogens is 236 g/mol. The first-order valence-electron chi connectivity index (χ1n) is 5.69. The van der Waals surface area contributed by atoms with Crippen LogP contribution in [0.15, 0.2) is 30.3 Å². The van der Waals surface area contributed by atoms with Gasteiger partial charge in [-0.2, -0.15) is 0 Å². The normalized spacial score (nSPS) is 11.5. The van der Waals surface area contributed by atoms with Crippen LogP contribution in [0.1, 0.15) is 31.4 Å². The van der Waals surface area contributed by atoms with Gasteiger partial charge in [-0.3, -0.25) is 4.79 Å². The van der Waals surface area contributed by atoms with Crippen LogP contribution in [0.25, 0.3) is 0 Å². The van der Waals surface area contributed by atoms with Gasteiger partial charge in [-0.1, -0.05) is 37.3 Å². The molecule has 0 radical (unpaired) electrons. The molecule has 1 atom stereocenters. The first kappa shape index (κ1) is 15.9. The molecule has 1 amide bonds. The number of carbonyl (C=O) groups is 1. The summed E-state index contributed by atoms with van der Waals surface area (Å²) in [6.07, 6.45) is 1.35. The third-order valence-corrected chi connectivity index (χ3v) is 2.61. The number of amides is 1. The molecule has 0 aromatic heterocycles. The second-order valence-corrected chi connectivity index (χ2v) is 4.04. The van der Waals surface area contributed by atoms with Crippen molar-refractivity contribution in [3.05, 3.63) is 35.9 Å². The Morgan fingerprint density at radius 1 is 1.35 bits per heavy atom. The molecule has 0 saturated carbocycles. The van der Waals surface area contributed by atoms with Crippen LogP contribution in [0.2, 0.25) is 0 Å². The second kappa shape index (κ2) is 8.09. The van der Waals surface area contributed by atoms with Crippen molar-refractivity contribution < 1.29 is 4.79 Å². The van der Waals surface area contributed by atoms with Gasteiger partial charge >= 0.3 is 0 Å². The van der Waals surface area contributed by atoms with Crippen LogP contribution < -0.4 is 5.73 Å². The van der Waals surface area contributed by atoms with Gasteiger partial charge in [0.2, 0.25) is 5.91 Å². The maximum absolute atomic E-state index is 11.8. The van der Waals surface area contributed by atoms with Crippen LogP contribution >= 0.6 is 12.4 Å². The number of halogens is 1. The van der Waals surface area contributed by atoms with Gasteiger partial charge in [0.25, 0.3) is 0 Å². The lowest BCUT2D eigenvalue weighted by molar-refractivity contribution is -0.130. The van der Waals surface area contributed by atoms with E-state index in [0.29, 0.717) is 6.42 Å². The van der Waals surface area contributed by atoms with Crippen LogP contribution in [0, 0.1) is 0 Å². The topological polar surface area (TPSA) is 46.3 Å². The molecule has 0 bridgehead atoms. The number of nitrogens with two attached hydrogens (primary N) is 1. The molecule has 1 unspecified atom stereocenters. The number of nitrogens with zero attached hydrogens (tertiary/aromatic N) is 1. The van der Waals surface area contributed by atoms with E-state index in [1.165, 1.54) is 0 Å². The molecule has 0 aliphatic carbocycles. The molecule has 0 fully saturated rings. The summed E-state index contributed by atoms with van der Waals surface area (Å²) in [5, 5.41) is 0. The van der Waals surface area contributed by atoms with Gasteiger partial charge in [0.1, 0.15) is 0 Å². The van der Waals surface area contributed by atoms with Gasteiger partial charge in [-0.25, -0.2) is 0 Å². The molecule has 0 spiro atoms. The fraction of sp³-hybridized carbons (Fsp3) is 0.462. The molecule has 1 rings (SSSR count). The molecule has 96 valence electrons. The smallest absolute Gasteiger partial charge is 0.224 e. The summed E-state index contributed by atoms with van der Waals surface area (Å²) in [5.41, 5.74) is 7.00. The summed E-state index contributed by atoms with van der Waals surface area (Å²) >= 11 is 0. The van der Waals surface area contributed by atoms with Gasteiger partial charge in [0, 0.05) is 26.1 Å². The van der Waals surface area contributed by atoms with Crippen LogP contribution in [-0.4, -0.2) is 24.4 Å².